The van der Waals surface area contributed by atoms with Gasteiger partial charge in [-0.05, 0) is 12.1 Å². The molecule has 2 aromatic carbocycles. The first-order valence-corrected chi connectivity index (χ1v) is 8.41. The van der Waals surface area contributed by atoms with E-state index in [0.717, 1.165) is 3.57 Å². The van der Waals surface area contributed by atoms with E-state index in [1.165, 1.54) is 0 Å². The minimum atomic E-state index is -0.848. The molecule has 0 radical (unpaired) electrons. The van der Waals surface area contributed by atoms with E-state index >= 15 is 0 Å². The molecule has 0 N–H and O–H groups in total. The highest BCUT2D eigenvalue weighted by Gasteiger charge is 2.49. The van der Waals surface area contributed by atoms with Crippen LogP contribution >= 0.6 is 0 Å². The van der Waals surface area contributed by atoms with Gasteiger partial charge in [0.25, 0.3) is 9.71 Å². The lowest BCUT2D eigenvalue weighted by atomic mass is 9.89. The van der Waals surface area contributed by atoms with E-state index in [1.807, 2.05) is 30.3 Å². The van der Waals surface area contributed by atoms with Crippen LogP contribution < -0.4 is 21.2 Å². The normalized spacial score (nSPS) is 18.0. The van der Waals surface area contributed by atoms with Crippen molar-refractivity contribution in [1.29, 1.82) is 0 Å². The summed E-state index contributed by atoms with van der Waals surface area (Å²) in [6.07, 6.45) is 0. The summed E-state index contributed by atoms with van der Waals surface area (Å²) in [5, 5.41) is 0. The van der Waals surface area contributed by atoms with Gasteiger partial charge in [-0.15, -0.1) is 0 Å². The van der Waals surface area contributed by atoms with E-state index in [2.05, 4.69) is 0 Å². The van der Waals surface area contributed by atoms with Gasteiger partial charge in [0, 0.05) is 11.1 Å². The minimum Gasteiger partial charge on any atom is -0.288 e. The number of alkyl halides is 1. The Kier molecular flexibility index (Phi) is 3.48. The van der Waals surface area contributed by atoms with Crippen molar-refractivity contribution < 1.29 is 35.6 Å². The van der Waals surface area contributed by atoms with Gasteiger partial charge in [-0.2, -0.15) is 0 Å². The zero-order valence-corrected chi connectivity index (χ0v) is 12.5. The van der Waals surface area contributed by atoms with Crippen LogP contribution in [0, 0.1) is 3.57 Å². The van der Waals surface area contributed by atoms with Crippen molar-refractivity contribution in [3.8, 4) is 0 Å². The first-order chi connectivity index (χ1) is 9.68. The predicted octanol–water partition coefficient (Wildman–Crippen LogP) is -1.04. The van der Waals surface area contributed by atoms with E-state index in [4.69, 9.17) is 0 Å². The molecule has 4 heteroatoms. The second-order valence-corrected chi connectivity index (χ2v) is 7.48. The van der Waals surface area contributed by atoms with Gasteiger partial charge in [0.05, 0.1) is 0 Å². The van der Waals surface area contributed by atoms with Crippen LogP contribution in [0.1, 0.15) is 20.7 Å². The van der Waals surface area contributed by atoms with Gasteiger partial charge < -0.3 is 0 Å². The predicted molar refractivity (Wildman–Crippen MR) is 69.0 cm³/mol. The molecule has 0 aliphatic heterocycles. The molecule has 1 aliphatic rings. The Morgan fingerprint density at radius 3 is 2.00 bits per heavy atom. The fourth-order valence-corrected chi connectivity index (χ4v) is 4.85. The Morgan fingerprint density at radius 1 is 0.700 bits per heavy atom. The van der Waals surface area contributed by atoms with Crippen molar-refractivity contribution in [3.05, 3.63) is 69.3 Å². The smallest absolute Gasteiger partial charge is 0.288 e. The zero-order valence-electron chi connectivity index (χ0n) is 10.4. The molecule has 0 spiro atoms. The third-order valence-electron chi connectivity index (χ3n) is 3.09. The molecule has 0 amide bonds. The average Bonchev–Trinajstić information content (AvgIpc) is 2.50. The molecule has 20 heavy (non-hydrogen) atoms. The molecule has 1 atom stereocenters. The van der Waals surface area contributed by atoms with Crippen LogP contribution in [-0.4, -0.2) is 21.3 Å². The van der Waals surface area contributed by atoms with Crippen molar-refractivity contribution in [1.82, 2.24) is 0 Å². The SMILES string of the molecule is O=C1C(=O)C([I+]c2ccccc2)C(=O)c2ccccc21. The highest BCUT2D eigenvalue weighted by molar-refractivity contribution is 6.52. The topological polar surface area (TPSA) is 51.2 Å². The van der Waals surface area contributed by atoms with E-state index in [1.54, 1.807) is 24.3 Å². The summed E-state index contributed by atoms with van der Waals surface area (Å²) in [5.74, 6) is -1.28. The summed E-state index contributed by atoms with van der Waals surface area (Å²) in [4.78, 5) is 36.7. The highest BCUT2D eigenvalue weighted by atomic mass is 127. The Morgan fingerprint density at radius 2 is 1.30 bits per heavy atom. The Bertz CT molecular complexity index is 707. The molecule has 3 rings (SSSR count). The van der Waals surface area contributed by atoms with Crippen LogP contribution in [0.3, 0.4) is 0 Å². The molecular formula is C16H10IO3+. The number of carbonyl (C=O) groups is 3. The first kappa shape index (κ1) is 13.2. The zero-order chi connectivity index (χ0) is 14.1. The Labute approximate surface area is 126 Å². The van der Waals surface area contributed by atoms with Crippen molar-refractivity contribution in [2.24, 2.45) is 0 Å². The number of fused-ring (bicyclic) bond motifs is 1. The number of carbonyl (C=O) groups excluding carboxylic acids is 3. The highest BCUT2D eigenvalue weighted by Crippen LogP contribution is 2.17. The third kappa shape index (κ3) is 2.20. The minimum absolute atomic E-state index is 0.207. The lowest BCUT2D eigenvalue weighted by Crippen LogP contribution is -3.66. The van der Waals surface area contributed by atoms with Crippen LogP contribution in [0.15, 0.2) is 54.6 Å². The average molecular weight is 377 g/mol. The van der Waals surface area contributed by atoms with Crippen LogP contribution in [0.4, 0.5) is 0 Å². The molecule has 2 aromatic rings. The first-order valence-electron chi connectivity index (χ1n) is 6.08. The van der Waals surface area contributed by atoms with E-state index in [-0.39, 0.29) is 11.3 Å². The molecule has 0 aromatic heterocycles. The Hall–Kier alpha value is -1.82. The van der Waals surface area contributed by atoms with Gasteiger partial charge in [-0.3, -0.25) is 14.4 Å². The molecule has 1 unspecified atom stereocenters. The molecular weight excluding hydrogens is 367 g/mol. The maximum Gasteiger partial charge on any atom is 0.334 e. The molecule has 98 valence electrons. The van der Waals surface area contributed by atoms with Crippen LogP contribution in [0.5, 0.6) is 0 Å². The molecule has 0 saturated heterocycles. The van der Waals surface area contributed by atoms with Crippen molar-refractivity contribution >= 4 is 17.3 Å². The number of hydrogen-bond acceptors (Lipinski definition) is 3. The van der Waals surface area contributed by atoms with Crippen molar-refractivity contribution in [3.63, 3.8) is 0 Å². The molecule has 0 saturated carbocycles. The van der Waals surface area contributed by atoms with Gasteiger partial charge in [0.15, 0.2) is 3.57 Å². The molecule has 0 fully saturated rings. The van der Waals surface area contributed by atoms with Crippen LogP contribution in [0.2, 0.25) is 0 Å². The molecule has 1 aliphatic carbocycles. The van der Waals surface area contributed by atoms with Crippen LogP contribution in [-0.2, 0) is 4.79 Å². The summed E-state index contributed by atoms with van der Waals surface area (Å²) in [5.41, 5.74) is 0.633. The van der Waals surface area contributed by atoms with Crippen molar-refractivity contribution in [2.75, 3.05) is 0 Å². The largest absolute Gasteiger partial charge is 0.334 e. The number of halogens is 1. The van der Waals surface area contributed by atoms with Gasteiger partial charge in [0.1, 0.15) is 0 Å². The summed E-state index contributed by atoms with van der Waals surface area (Å²) in [7, 11) is 0. The molecule has 3 nitrogen and oxygen atoms in total. The standard InChI is InChI=1S/C16H10IO3/c18-14-11-8-4-5-9-12(11)15(19)16(20)13(14)17-10-6-2-1-3-7-10/h1-9,13H/q+1. The fourth-order valence-electron chi connectivity index (χ4n) is 2.11. The number of hydrogen-bond donors (Lipinski definition) is 0. The van der Waals surface area contributed by atoms with Gasteiger partial charge in [0.2, 0.25) is 11.6 Å². The van der Waals surface area contributed by atoms with Gasteiger partial charge >= 0.3 is 21.2 Å². The maximum atomic E-state index is 12.4. The molecule has 0 bridgehead atoms. The fraction of sp³-hybridized carbons (Fsp3) is 0.0625. The Balaban J connectivity index is 2.00. The number of ketones is 3. The van der Waals surface area contributed by atoms with Crippen LogP contribution in [0.25, 0.3) is 0 Å². The summed E-state index contributed by atoms with van der Waals surface area (Å²) >= 11 is -0.848. The monoisotopic (exact) mass is 377 g/mol. The maximum absolute atomic E-state index is 12.4. The summed E-state index contributed by atoms with van der Waals surface area (Å²) in [6, 6.07) is 16.0. The number of benzene rings is 2. The lowest BCUT2D eigenvalue weighted by molar-refractivity contribution is -0.635. The van der Waals surface area contributed by atoms with E-state index in [9.17, 15) is 14.4 Å². The quantitative estimate of drug-likeness (QED) is 0.291. The third-order valence-corrected chi connectivity index (χ3v) is 6.28. The molecule has 0 heterocycles. The number of rotatable bonds is 2. The van der Waals surface area contributed by atoms with Gasteiger partial charge in [-0.25, -0.2) is 0 Å². The second kappa shape index (κ2) is 5.28. The number of Topliss-reactive ketones (excluding diaryl/α,β-unsaturated/α-hetero) is 3. The van der Waals surface area contributed by atoms with E-state index in [0.29, 0.717) is 5.56 Å². The van der Waals surface area contributed by atoms with E-state index < -0.39 is 36.7 Å². The van der Waals surface area contributed by atoms with Gasteiger partial charge in [-0.1, -0.05) is 42.5 Å². The van der Waals surface area contributed by atoms with Crippen molar-refractivity contribution in [2.45, 2.75) is 3.92 Å². The lowest BCUT2D eigenvalue weighted by Gasteiger charge is -2.13. The second-order valence-electron chi connectivity index (χ2n) is 4.37. The summed E-state index contributed by atoms with van der Waals surface area (Å²) in [6.45, 7) is 0. The summed E-state index contributed by atoms with van der Waals surface area (Å²) < 4.78 is 0.212.